The average Bonchev–Trinajstić information content (AvgIpc) is 2.76. The number of hydrogen-bond donors (Lipinski definition) is 1. The summed E-state index contributed by atoms with van der Waals surface area (Å²) < 4.78 is 13.2. The molecule has 0 fully saturated rings. The van der Waals surface area contributed by atoms with Crippen molar-refractivity contribution in [3.05, 3.63) is 46.8 Å². The zero-order valence-electron chi connectivity index (χ0n) is 10.8. The van der Waals surface area contributed by atoms with Gasteiger partial charge in [-0.1, -0.05) is 43.7 Å². The minimum Gasteiger partial charge on any atom is -0.314 e. The first kappa shape index (κ1) is 13.6. The predicted molar refractivity (Wildman–Crippen MR) is 74.6 cm³/mol. The molecule has 0 atom stereocenters. The van der Waals surface area contributed by atoms with Gasteiger partial charge >= 0.3 is 0 Å². The van der Waals surface area contributed by atoms with Crippen LogP contribution in [0.2, 0.25) is 5.02 Å². The molecule has 98 valence electrons. The molecule has 0 radical (unpaired) electrons. The standard InChI is InChI=1S/C15H19ClFN/c1-11(2)18-10-15(7-3-4-8-15)13-6-5-12(17)9-14(13)16/h3-6,9,11,18H,7-8,10H2,1-2H3. The Morgan fingerprint density at radius 2 is 2.00 bits per heavy atom. The van der Waals surface area contributed by atoms with Crippen LogP contribution in [0.1, 0.15) is 32.3 Å². The Labute approximate surface area is 113 Å². The second-order valence-electron chi connectivity index (χ2n) is 5.32. The summed E-state index contributed by atoms with van der Waals surface area (Å²) in [6.45, 7) is 5.12. The molecule has 1 N–H and O–H groups in total. The summed E-state index contributed by atoms with van der Waals surface area (Å²) >= 11 is 6.22. The first-order chi connectivity index (χ1) is 8.53. The van der Waals surface area contributed by atoms with E-state index in [-0.39, 0.29) is 11.2 Å². The van der Waals surface area contributed by atoms with Gasteiger partial charge in [0.25, 0.3) is 0 Å². The largest absolute Gasteiger partial charge is 0.314 e. The summed E-state index contributed by atoms with van der Waals surface area (Å²) in [6.07, 6.45) is 6.28. The second-order valence-corrected chi connectivity index (χ2v) is 5.73. The lowest BCUT2D eigenvalue weighted by Gasteiger charge is -2.32. The first-order valence-corrected chi connectivity index (χ1v) is 6.75. The fourth-order valence-corrected chi connectivity index (χ4v) is 2.85. The highest BCUT2D eigenvalue weighted by Gasteiger charge is 2.34. The van der Waals surface area contributed by atoms with E-state index in [1.54, 1.807) is 0 Å². The van der Waals surface area contributed by atoms with Gasteiger partial charge in [-0.15, -0.1) is 0 Å². The average molecular weight is 268 g/mol. The molecule has 0 aromatic heterocycles. The minimum absolute atomic E-state index is 0.0188. The van der Waals surface area contributed by atoms with Crippen LogP contribution in [0.15, 0.2) is 30.4 Å². The highest BCUT2D eigenvalue weighted by molar-refractivity contribution is 6.31. The molecule has 0 unspecified atom stereocenters. The Bertz CT molecular complexity index is 446. The molecule has 1 aromatic rings. The molecule has 0 amide bonds. The SMILES string of the molecule is CC(C)NCC1(c2ccc(F)cc2Cl)CC=CC1. The fourth-order valence-electron chi connectivity index (χ4n) is 2.48. The van der Waals surface area contributed by atoms with Crippen molar-refractivity contribution in [1.82, 2.24) is 5.32 Å². The minimum atomic E-state index is -0.276. The van der Waals surface area contributed by atoms with Crippen molar-refractivity contribution in [3.8, 4) is 0 Å². The van der Waals surface area contributed by atoms with E-state index >= 15 is 0 Å². The Morgan fingerprint density at radius 3 is 2.56 bits per heavy atom. The topological polar surface area (TPSA) is 12.0 Å². The van der Waals surface area contributed by atoms with Crippen LogP contribution < -0.4 is 5.32 Å². The maximum atomic E-state index is 13.2. The number of halogens is 2. The number of allylic oxidation sites excluding steroid dienone is 2. The Morgan fingerprint density at radius 1 is 1.33 bits per heavy atom. The van der Waals surface area contributed by atoms with Gasteiger partial charge in [-0.2, -0.15) is 0 Å². The molecule has 1 aliphatic rings. The zero-order chi connectivity index (χ0) is 13.2. The molecule has 1 aromatic carbocycles. The lowest BCUT2D eigenvalue weighted by atomic mass is 9.78. The molecule has 2 rings (SSSR count). The summed E-state index contributed by atoms with van der Waals surface area (Å²) in [5.41, 5.74) is 1.03. The van der Waals surface area contributed by atoms with Gasteiger partial charge in [0, 0.05) is 23.0 Å². The zero-order valence-corrected chi connectivity index (χ0v) is 11.6. The molecule has 0 aliphatic heterocycles. The van der Waals surface area contributed by atoms with Crippen LogP contribution in [-0.4, -0.2) is 12.6 Å². The fraction of sp³-hybridized carbons (Fsp3) is 0.467. The Balaban J connectivity index is 2.29. The van der Waals surface area contributed by atoms with Crippen LogP contribution in [0, 0.1) is 5.82 Å². The third-order valence-corrected chi connectivity index (χ3v) is 3.85. The molecule has 1 nitrogen and oxygen atoms in total. The summed E-state index contributed by atoms with van der Waals surface area (Å²) in [5, 5.41) is 4.01. The van der Waals surface area contributed by atoms with E-state index < -0.39 is 0 Å². The van der Waals surface area contributed by atoms with E-state index in [4.69, 9.17) is 11.6 Å². The number of hydrogen-bond acceptors (Lipinski definition) is 1. The van der Waals surface area contributed by atoms with E-state index in [2.05, 4.69) is 31.3 Å². The highest BCUT2D eigenvalue weighted by atomic mass is 35.5. The maximum Gasteiger partial charge on any atom is 0.124 e. The highest BCUT2D eigenvalue weighted by Crippen LogP contribution is 2.40. The van der Waals surface area contributed by atoms with E-state index in [9.17, 15) is 4.39 Å². The van der Waals surface area contributed by atoms with E-state index in [0.717, 1.165) is 24.9 Å². The number of benzene rings is 1. The van der Waals surface area contributed by atoms with Crippen LogP contribution in [0.3, 0.4) is 0 Å². The monoisotopic (exact) mass is 267 g/mol. The summed E-state index contributed by atoms with van der Waals surface area (Å²) in [6, 6.07) is 5.16. The number of nitrogens with one attached hydrogen (secondary N) is 1. The van der Waals surface area contributed by atoms with Gasteiger partial charge in [-0.25, -0.2) is 4.39 Å². The molecule has 0 heterocycles. The molecule has 0 saturated carbocycles. The Hall–Kier alpha value is -0.860. The van der Waals surface area contributed by atoms with Crippen molar-refractivity contribution in [2.24, 2.45) is 0 Å². The Kier molecular flexibility index (Phi) is 4.08. The normalized spacial score (nSPS) is 17.6. The summed E-state index contributed by atoms with van der Waals surface area (Å²) in [7, 11) is 0. The molecular weight excluding hydrogens is 249 g/mol. The van der Waals surface area contributed by atoms with Crippen LogP contribution in [0.4, 0.5) is 4.39 Å². The third-order valence-electron chi connectivity index (χ3n) is 3.54. The van der Waals surface area contributed by atoms with Gasteiger partial charge in [-0.05, 0) is 30.5 Å². The van der Waals surface area contributed by atoms with Gasteiger partial charge in [0.2, 0.25) is 0 Å². The van der Waals surface area contributed by atoms with Gasteiger partial charge in [-0.3, -0.25) is 0 Å². The molecule has 0 bridgehead atoms. The number of rotatable bonds is 4. The van der Waals surface area contributed by atoms with Crippen LogP contribution in [0.5, 0.6) is 0 Å². The van der Waals surface area contributed by atoms with Crippen LogP contribution in [0.25, 0.3) is 0 Å². The van der Waals surface area contributed by atoms with Crippen molar-refractivity contribution in [1.29, 1.82) is 0 Å². The van der Waals surface area contributed by atoms with Gasteiger partial charge in [0.15, 0.2) is 0 Å². The lowest BCUT2D eigenvalue weighted by Crippen LogP contribution is -2.39. The van der Waals surface area contributed by atoms with Gasteiger partial charge in [0.1, 0.15) is 5.82 Å². The maximum absolute atomic E-state index is 13.2. The molecule has 3 heteroatoms. The van der Waals surface area contributed by atoms with Crippen molar-refractivity contribution >= 4 is 11.6 Å². The van der Waals surface area contributed by atoms with Crippen LogP contribution >= 0.6 is 11.6 Å². The molecule has 0 saturated heterocycles. The molecular formula is C15H19ClFN. The van der Waals surface area contributed by atoms with Crippen molar-refractivity contribution in [2.75, 3.05) is 6.54 Å². The molecule has 0 spiro atoms. The molecule has 18 heavy (non-hydrogen) atoms. The van der Waals surface area contributed by atoms with E-state index in [0.29, 0.717) is 11.1 Å². The lowest BCUT2D eigenvalue weighted by molar-refractivity contribution is 0.398. The van der Waals surface area contributed by atoms with Crippen molar-refractivity contribution < 1.29 is 4.39 Å². The molecule has 1 aliphatic carbocycles. The predicted octanol–water partition coefficient (Wildman–Crippen LogP) is 4.06. The van der Waals surface area contributed by atoms with Crippen LogP contribution in [-0.2, 0) is 5.41 Å². The van der Waals surface area contributed by atoms with Crippen molar-refractivity contribution in [2.45, 2.75) is 38.1 Å². The second kappa shape index (κ2) is 5.41. The van der Waals surface area contributed by atoms with E-state index in [1.807, 2.05) is 6.07 Å². The smallest absolute Gasteiger partial charge is 0.124 e. The van der Waals surface area contributed by atoms with E-state index in [1.165, 1.54) is 12.1 Å². The third kappa shape index (κ3) is 2.76. The first-order valence-electron chi connectivity index (χ1n) is 6.37. The quantitative estimate of drug-likeness (QED) is 0.811. The summed E-state index contributed by atoms with van der Waals surface area (Å²) in [4.78, 5) is 0. The van der Waals surface area contributed by atoms with Gasteiger partial charge in [0.05, 0.1) is 0 Å². The van der Waals surface area contributed by atoms with Crippen molar-refractivity contribution in [3.63, 3.8) is 0 Å². The summed E-state index contributed by atoms with van der Waals surface area (Å²) in [5.74, 6) is -0.276. The van der Waals surface area contributed by atoms with Gasteiger partial charge < -0.3 is 5.32 Å².